The van der Waals surface area contributed by atoms with E-state index in [0.717, 1.165) is 6.54 Å². The maximum Gasteiger partial charge on any atom is 0.0406 e. The van der Waals surface area contributed by atoms with Crippen LogP contribution in [0.4, 0.5) is 5.69 Å². The first-order valence-corrected chi connectivity index (χ1v) is 6.30. The molecule has 16 heavy (non-hydrogen) atoms. The van der Waals surface area contributed by atoms with Gasteiger partial charge in [0.25, 0.3) is 0 Å². The van der Waals surface area contributed by atoms with Gasteiger partial charge in [0.2, 0.25) is 0 Å². The lowest BCUT2D eigenvalue weighted by molar-refractivity contribution is 0.289. The molecule has 0 radical (unpaired) electrons. The van der Waals surface area contributed by atoms with E-state index in [1.165, 1.54) is 28.8 Å². The van der Waals surface area contributed by atoms with Gasteiger partial charge < -0.3 is 5.32 Å². The predicted molar refractivity (Wildman–Crippen MR) is 71.2 cm³/mol. The first-order valence-electron chi connectivity index (χ1n) is 6.30. The zero-order valence-corrected chi connectivity index (χ0v) is 11.1. The smallest absolute Gasteiger partial charge is 0.0406 e. The van der Waals surface area contributed by atoms with E-state index in [2.05, 4.69) is 52.1 Å². The summed E-state index contributed by atoms with van der Waals surface area (Å²) in [6, 6.07) is 4.64. The molecule has 0 aliphatic carbocycles. The molecule has 1 N–H and O–H groups in total. The zero-order chi connectivity index (χ0) is 11.9. The standard InChI is InChI=1S/C15H23N/c1-6-15(4,5)13-9-16-14-11(3)7-10(2)8-12(13)14/h7-8,13,16H,6,9H2,1-5H3. The second-order valence-corrected chi connectivity index (χ2v) is 5.82. The Kier molecular flexibility index (Phi) is 2.73. The minimum absolute atomic E-state index is 0.387. The van der Waals surface area contributed by atoms with E-state index in [1.807, 2.05) is 0 Å². The summed E-state index contributed by atoms with van der Waals surface area (Å²) in [4.78, 5) is 0. The summed E-state index contributed by atoms with van der Waals surface area (Å²) in [6.07, 6.45) is 1.23. The van der Waals surface area contributed by atoms with E-state index >= 15 is 0 Å². The Morgan fingerprint density at radius 3 is 2.62 bits per heavy atom. The van der Waals surface area contributed by atoms with Crippen LogP contribution in [0.1, 0.15) is 49.8 Å². The SMILES string of the molecule is CCC(C)(C)C1CNc2c(C)cc(C)cc21. The average molecular weight is 217 g/mol. The van der Waals surface area contributed by atoms with Gasteiger partial charge >= 0.3 is 0 Å². The number of fused-ring (bicyclic) bond motifs is 1. The van der Waals surface area contributed by atoms with Crippen LogP contribution in [0.15, 0.2) is 12.1 Å². The molecule has 0 bridgehead atoms. The Hall–Kier alpha value is -0.980. The highest BCUT2D eigenvalue weighted by Gasteiger charge is 2.34. The quantitative estimate of drug-likeness (QED) is 0.781. The van der Waals surface area contributed by atoms with Crippen LogP contribution in [-0.2, 0) is 0 Å². The van der Waals surface area contributed by atoms with Gasteiger partial charge in [0, 0.05) is 18.2 Å². The summed E-state index contributed by atoms with van der Waals surface area (Å²) in [5.41, 5.74) is 6.08. The molecule has 0 amide bonds. The van der Waals surface area contributed by atoms with E-state index in [1.54, 1.807) is 0 Å². The van der Waals surface area contributed by atoms with Gasteiger partial charge in [0.1, 0.15) is 0 Å². The molecule has 1 atom stereocenters. The second-order valence-electron chi connectivity index (χ2n) is 5.82. The fourth-order valence-corrected chi connectivity index (χ4v) is 2.77. The number of nitrogens with one attached hydrogen (secondary N) is 1. The number of aryl methyl sites for hydroxylation is 2. The maximum absolute atomic E-state index is 3.59. The Morgan fingerprint density at radius 1 is 1.31 bits per heavy atom. The third kappa shape index (κ3) is 1.73. The molecule has 2 rings (SSSR count). The fourth-order valence-electron chi connectivity index (χ4n) is 2.77. The van der Waals surface area contributed by atoms with E-state index < -0.39 is 0 Å². The molecule has 0 spiro atoms. The first-order chi connectivity index (χ1) is 7.45. The van der Waals surface area contributed by atoms with Crippen LogP contribution in [0.25, 0.3) is 0 Å². The first kappa shape index (κ1) is 11.5. The van der Waals surface area contributed by atoms with Crippen molar-refractivity contribution >= 4 is 5.69 Å². The highest BCUT2D eigenvalue weighted by molar-refractivity contribution is 5.64. The third-order valence-corrected chi connectivity index (χ3v) is 4.22. The van der Waals surface area contributed by atoms with E-state index in [-0.39, 0.29) is 0 Å². The van der Waals surface area contributed by atoms with Crippen LogP contribution in [0, 0.1) is 19.3 Å². The highest BCUT2D eigenvalue weighted by Crippen LogP contribution is 2.46. The summed E-state index contributed by atoms with van der Waals surface area (Å²) in [7, 11) is 0. The van der Waals surface area contributed by atoms with Crippen molar-refractivity contribution in [2.45, 2.75) is 47.0 Å². The third-order valence-electron chi connectivity index (χ3n) is 4.22. The Bertz CT molecular complexity index is 404. The Morgan fingerprint density at radius 2 is 2.00 bits per heavy atom. The van der Waals surface area contributed by atoms with Crippen LogP contribution in [0.5, 0.6) is 0 Å². The number of rotatable bonds is 2. The molecule has 1 heteroatoms. The largest absolute Gasteiger partial charge is 0.384 e. The van der Waals surface area contributed by atoms with Crippen molar-refractivity contribution in [3.05, 3.63) is 28.8 Å². The zero-order valence-electron chi connectivity index (χ0n) is 11.1. The molecule has 1 aliphatic rings. The molecule has 0 saturated carbocycles. The molecule has 0 saturated heterocycles. The van der Waals surface area contributed by atoms with Gasteiger partial charge in [-0.1, -0.05) is 44.9 Å². The fraction of sp³-hybridized carbons (Fsp3) is 0.600. The molecule has 1 heterocycles. The molecule has 88 valence electrons. The molecule has 1 aliphatic heterocycles. The predicted octanol–water partition coefficient (Wildman–Crippen LogP) is 4.25. The van der Waals surface area contributed by atoms with Crippen molar-refractivity contribution in [3.8, 4) is 0 Å². The molecule has 1 aromatic rings. The summed E-state index contributed by atoms with van der Waals surface area (Å²) in [5, 5.41) is 3.59. The minimum Gasteiger partial charge on any atom is -0.384 e. The summed E-state index contributed by atoms with van der Waals surface area (Å²) in [5.74, 6) is 0.658. The summed E-state index contributed by atoms with van der Waals surface area (Å²) < 4.78 is 0. The van der Waals surface area contributed by atoms with Crippen LogP contribution in [0.2, 0.25) is 0 Å². The van der Waals surface area contributed by atoms with Crippen LogP contribution >= 0.6 is 0 Å². The molecule has 0 aromatic heterocycles. The molecule has 1 nitrogen and oxygen atoms in total. The van der Waals surface area contributed by atoms with Crippen molar-refractivity contribution in [2.24, 2.45) is 5.41 Å². The van der Waals surface area contributed by atoms with E-state index in [9.17, 15) is 0 Å². The lowest BCUT2D eigenvalue weighted by atomic mass is 9.74. The highest BCUT2D eigenvalue weighted by atomic mass is 14.9. The van der Waals surface area contributed by atoms with Gasteiger partial charge in [-0.2, -0.15) is 0 Å². The number of hydrogen-bond donors (Lipinski definition) is 1. The van der Waals surface area contributed by atoms with Gasteiger partial charge in [0.05, 0.1) is 0 Å². The summed E-state index contributed by atoms with van der Waals surface area (Å²) >= 11 is 0. The number of hydrogen-bond acceptors (Lipinski definition) is 1. The molecular formula is C15H23N. The second kappa shape index (κ2) is 3.80. The van der Waals surface area contributed by atoms with Gasteiger partial charge in [-0.25, -0.2) is 0 Å². The number of benzene rings is 1. The lowest BCUT2D eigenvalue weighted by Gasteiger charge is -2.30. The minimum atomic E-state index is 0.387. The summed E-state index contributed by atoms with van der Waals surface area (Å²) in [6.45, 7) is 12.6. The van der Waals surface area contributed by atoms with Crippen molar-refractivity contribution in [3.63, 3.8) is 0 Å². The molecule has 1 unspecified atom stereocenters. The van der Waals surface area contributed by atoms with Gasteiger partial charge in [-0.3, -0.25) is 0 Å². The lowest BCUT2D eigenvalue weighted by Crippen LogP contribution is -2.22. The monoisotopic (exact) mass is 217 g/mol. The van der Waals surface area contributed by atoms with Crippen LogP contribution in [-0.4, -0.2) is 6.54 Å². The Balaban J connectivity index is 2.47. The van der Waals surface area contributed by atoms with Crippen molar-refractivity contribution < 1.29 is 0 Å². The Labute approximate surface area is 99.3 Å². The molecular weight excluding hydrogens is 194 g/mol. The maximum atomic E-state index is 3.59. The van der Waals surface area contributed by atoms with Crippen LogP contribution in [0.3, 0.4) is 0 Å². The number of anilines is 1. The topological polar surface area (TPSA) is 12.0 Å². The van der Waals surface area contributed by atoms with Gasteiger partial charge in [-0.05, 0) is 30.4 Å². The van der Waals surface area contributed by atoms with Crippen molar-refractivity contribution in [1.82, 2.24) is 0 Å². The van der Waals surface area contributed by atoms with Gasteiger partial charge in [0.15, 0.2) is 0 Å². The normalized spacial score (nSPS) is 19.4. The molecule has 1 aromatic carbocycles. The van der Waals surface area contributed by atoms with Crippen LogP contribution < -0.4 is 5.32 Å². The van der Waals surface area contributed by atoms with Crippen molar-refractivity contribution in [1.29, 1.82) is 0 Å². The van der Waals surface area contributed by atoms with Gasteiger partial charge in [-0.15, -0.1) is 0 Å². The average Bonchev–Trinajstić information content (AvgIpc) is 2.62. The van der Waals surface area contributed by atoms with E-state index in [4.69, 9.17) is 0 Å². The van der Waals surface area contributed by atoms with Crippen molar-refractivity contribution in [2.75, 3.05) is 11.9 Å². The molecule has 0 fully saturated rings. The van der Waals surface area contributed by atoms with E-state index in [0.29, 0.717) is 11.3 Å².